The molecule has 2 N–H and O–H groups in total. The Morgan fingerprint density at radius 1 is 0.300 bits per heavy atom. The summed E-state index contributed by atoms with van der Waals surface area (Å²) in [7, 11) is 0. The van der Waals surface area contributed by atoms with E-state index in [0.717, 1.165) is 38.5 Å². The molecule has 2 aromatic rings. The molecule has 2 aromatic carbocycles. The minimum atomic E-state index is 0.362. The number of carbonyl (C=O) groups is 1. The van der Waals surface area contributed by atoms with Crippen molar-refractivity contribution in [3.63, 3.8) is 0 Å². The van der Waals surface area contributed by atoms with Gasteiger partial charge in [-0.05, 0) is 73.9 Å². The summed E-state index contributed by atoms with van der Waals surface area (Å²) in [5.74, 6) is 1.23. The summed E-state index contributed by atoms with van der Waals surface area (Å²) in [6.45, 7) is 0. The van der Waals surface area contributed by atoms with E-state index in [1.165, 1.54) is 191 Å². The first-order valence-corrected chi connectivity index (χ1v) is 21.7. The van der Waals surface area contributed by atoms with E-state index in [-0.39, 0.29) is 0 Å². The molecule has 0 unspecified atom stereocenters. The van der Waals surface area contributed by atoms with Crippen molar-refractivity contribution in [2.75, 3.05) is 0 Å². The standard InChI is InChI=1S/C47H78O3/c48-45(33-29-25-21-17-13-9-5-1-3-7-11-15-19-23-27-31-43-35-39-46(49)40-36-43)34-30-26-22-18-14-10-6-2-4-8-12-16-20-24-28-32-44-37-41-47(50)42-38-44/h35-42,49-50H,1-34H2. The molecule has 0 heterocycles. The number of hydrogen-bond acceptors (Lipinski definition) is 3. The summed E-state index contributed by atoms with van der Waals surface area (Å²) < 4.78 is 0. The van der Waals surface area contributed by atoms with E-state index in [9.17, 15) is 15.0 Å². The topological polar surface area (TPSA) is 57.5 Å². The number of phenolic OH excluding ortho intramolecular Hbond substituents is 2. The largest absolute Gasteiger partial charge is 0.508 e. The molecule has 0 fully saturated rings. The van der Waals surface area contributed by atoms with Crippen LogP contribution in [0.3, 0.4) is 0 Å². The average molecular weight is 691 g/mol. The third kappa shape index (κ3) is 27.4. The Hall–Kier alpha value is -2.29. The van der Waals surface area contributed by atoms with Crippen LogP contribution in [0.4, 0.5) is 0 Å². The molecular weight excluding hydrogens is 613 g/mol. The van der Waals surface area contributed by atoms with Gasteiger partial charge in [0.25, 0.3) is 0 Å². The maximum absolute atomic E-state index is 12.3. The molecule has 284 valence electrons. The summed E-state index contributed by atoms with van der Waals surface area (Å²) in [5, 5.41) is 18.7. The molecule has 0 atom stereocenters. The average Bonchev–Trinajstić information content (AvgIpc) is 3.12. The second-order valence-corrected chi connectivity index (χ2v) is 15.5. The number of aromatic hydroxyl groups is 2. The highest BCUT2D eigenvalue weighted by Gasteiger charge is 2.03. The van der Waals surface area contributed by atoms with Gasteiger partial charge in [0.15, 0.2) is 0 Å². The molecule has 0 aliphatic heterocycles. The van der Waals surface area contributed by atoms with Crippen LogP contribution in [0.15, 0.2) is 48.5 Å². The number of hydrogen-bond donors (Lipinski definition) is 2. The van der Waals surface area contributed by atoms with Gasteiger partial charge in [-0.1, -0.05) is 191 Å². The van der Waals surface area contributed by atoms with Gasteiger partial charge in [-0.15, -0.1) is 0 Å². The van der Waals surface area contributed by atoms with Crippen molar-refractivity contribution < 1.29 is 15.0 Å². The molecule has 0 saturated carbocycles. The lowest BCUT2D eigenvalue weighted by atomic mass is 10.0. The number of phenols is 2. The summed E-state index contributed by atoms with van der Waals surface area (Å²) >= 11 is 0. The molecule has 0 radical (unpaired) electrons. The molecule has 3 heteroatoms. The highest BCUT2D eigenvalue weighted by Crippen LogP contribution is 2.18. The lowest BCUT2D eigenvalue weighted by Gasteiger charge is -2.05. The van der Waals surface area contributed by atoms with Gasteiger partial charge >= 0.3 is 0 Å². The fourth-order valence-electron chi connectivity index (χ4n) is 7.35. The molecule has 2 rings (SSSR count). The zero-order valence-corrected chi connectivity index (χ0v) is 32.5. The number of ketones is 1. The predicted molar refractivity (Wildman–Crippen MR) is 216 cm³/mol. The van der Waals surface area contributed by atoms with Crippen LogP contribution in [0.5, 0.6) is 11.5 Å². The Bertz CT molecular complexity index is 930. The Morgan fingerprint density at radius 3 is 0.740 bits per heavy atom. The summed E-state index contributed by atoms with van der Waals surface area (Å²) in [6.07, 6.45) is 44.1. The van der Waals surface area contributed by atoms with Crippen molar-refractivity contribution >= 4 is 5.78 Å². The maximum Gasteiger partial charge on any atom is 0.132 e. The van der Waals surface area contributed by atoms with Crippen molar-refractivity contribution in [1.82, 2.24) is 0 Å². The fourth-order valence-corrected chi connectivity index (χ4v) is 7.35. The van der Waals surface area contributed by atoms with Gasteiger partial charge in [0.05, 0.1) is 0 Å². The van der Waals surface area contributed by atoms with Gasteiger partial charge in [-0.25, -0.2) is 0 Å². The number of rotatable bonds is 36. The van der Waals surface area contributed by atoms with Crippen LogP contribution in [0.2, 0.25) is 0 Å². The minimum absolute atomic E-state index is 0.362. The zero-order valence-electron chi connectivity index (χ0n) is 32.5. The lowest BCUT2D eigenvalue weighted by molar-refractivity contribution is -0.119. The van der Waals surface area contributed by atoms with Gasteiger partial charge in [0.2, 0.25) is 0 Å². The van der Waals surface area contributed by atoms with Crippen molar-refractivity contribution in [2.24, 2.45) is 0 Å². The van der Waals surface area contributed by atoms with Gasteiger partial charge in [0, 0.05) is 12.8 Å². The highest BCUT2D eigenvalue weighted by molar-refractivity contribution is 5.78. The number of Topliss-reactive ketones (excluding diaryl/α,β-unsaturated/α-hetero) is 1. The normalized spacial score (nSPS) is 11.4. The third-order valence-corrected chi connectivity index (χ3v) is 10.7. The summed E-state index contributed by atoms with van der Waals surface area (Å²) in [4.78, 5) is 12.3. The molecule has 0 bridgehead atoms. The van der Waals surface area contributed by atoms with E-state index in [1.54, 1.807) is 24.3 Å². The van der Waals surface area contributed by atoms with Crippen LogP contribution >= 0.6 is 0 Å². The Balaban J connectivity index is 1.17. The van der Waals surface area contributed by atoms with Gasteiger partial charge in [-0.2, -0.15) is 0 Å². The minimum Gasteiger partial charge on any atom is -0.508 e. The Labute approximate surface area is 309 Å². The fraction of sp³-hybridized carbons (Fsp3) is 0.723. The van der Waals surface area contributed by atoms with Crippen molar-refractivity contribution in [2.45, 2.75) is 218 Å². The second kappa shape index (κ2) is 32.6. The molecule has 3 nitrogen and oxygen atoms in total. The van der Waals surface area contributed by atoms with E-state index >= 15 is 0 Å². The monoisotopic (exact) mass is 691 g/mol. The van der Waals surface area contributed by atoms with Gasteiger partial charge < -0.3 is 10.2 Å². The molecule has 0 aliphatic rings. The van der Waals surface area contributed by atoms with Gasteiger partial charge in [-0.3, -0.25) is 4.79 Å². The third-order valence-electron chi connectivity index (χ3n) is 10.7. The Morgan fingerprint density at radius 2 is 0.500 bits per heavy atom. The van der Waals surface area contributed by atoms with E-state index < -0.39 is 0 Å². The summed E-state index contributed by atoms with van der Waals surface area (Å²) in [6, 6.07) is 15.3. The number of carbonyl (C=O) groups excluding carboxylic acids is 1. The van der Waals surface area contributed by atoms with E-state index in [1.807, 2.05) is 24.3 Å². The first-order valence-electron chi connectivity index (χ1n) is 21.7. The second-order valence-electron chi connectivity index (χ2n) is 15.5. The maximum atomic E-state index is 12.3. The SMILES string of the molecule is O=C(CCCCCCCCCCCCCCCCCc1ccc(O)cc1)CCCCCCCCCCCCCCCCCc1ccc(O)cc1. The Kier molecular flexibility index (Phi) is 28.6. The van der Waals surface area contributed by atoms with E-state index in [4.69, 9.17) is 0 Å². The molecular formula is C47H78O3. The summed E-state index contributed by atoms with van der Waals surface area (Å²) in [5.41, 5.74) is 2.68. The zero-order chi connectivity index (χ0) is 35.6. The first-order chi connectivity index (χ1) is 24.6. The van der Waals surface area contributed by atoms with Crippen molar-refractivity contribution in [1.29, 1.82) is 0 Å². The predicted octanol–water partition coefficient (Wildman–Crippen LogP) is 14.9. The van der Waals surface area contributed by atoms with Crippen LogP contribution in [0.25, 0.3) is 0 Å². The van der Waals surface area contributed by atoms with Crippen LogP contribution < -0.4 is 0 Å². The quantitative estimate of drug-likeness (QED) is 0.0700. The van der Waals surface area contributed by atoms with Crippen LogP contribution in [0, 0.1) is 0 Å². The molecule has 0 saturated heterocycles. The number of unbranched alkanes of at least 4 members (excludes halogenated alkanes) is 28. The molecule has 0 aromatic heterocycles. The first kappa shape index (κ1) is 43.9. The molecule has 50 heavy (non-hydrogen) atoms. The smallest absolute Gasteiger partial charge is 0.132 e. The van der Waals surface area contributed by atoms with E-state index in [2.05, 4.69) is 0 Å². The lowest BCUT2D eigenvalue weighted by Crippen LogP contribution is -1.97. The number of benzene rings is 2. The van der Waals surface area contributed by atoms with Crippen LogP contribution in [-0.4, -0.2) is 16.0 Å². The molecule has 0 spiro atoms. The van der Waals surface area contributed by atoms with E-state index in [0.29, 0.717) is 17.3 Å². The highest BCUT2D eigenvalue weighted by atomic mass is 16.3. The van der Waals surface area contributed by atoms with Crippen molar-refractivity contribution in [3.05, 3.63) is 59.7 Å². The molecule has 0 aliphatic carbocycles. The van der Waals surface area contributed by atoms with Crippen LogP contribution in [0.1, 0.15) is 217 Å². The number of aryl methyl sites for hydroxylation is 2. The molecule has 0 amide bonds. The van der Waals surface area contributed by atoms with Gasteiger partial charge in [0.1, 0.15) is 17.3 Å². The van der Waals surface area contributed by atoms with Crippen LogP contribution in [-0.2, 0) is 17.6 Å². The van der Waals surface area contributed by atoms with Crippen molar-refractivity contribution in [3.8, 4) is 11.5 Å².